The zero-order valence-corrected chi connectivity index (χ0v) is 19.9. The molecule has 0 radical (unpaired) electrons. The van der Waals surface area contributed by atoms with Crippen LogP contribution in [0.5, 0.6) is 0 Å². The van der Waals surface area contributed by atoms with Crippen LogP contribution in [0.1, 0.15) is 33.2 Å². The Morgan fingerprint density at radius 1 is 0.771 bits per heavy atom. The van der Waals surface area contributed by atoms with Gasteiger partial charge in [0.1, 0.15) is 0 Å². The van der Waals surface area contributed by atoms with Gasteiger partial charge in [-0.15, -0.1) is 0 Å². The van der Waals surface area contributed by atoms with Crippen LogP contribution in [0, 0.1) is 0 Å². The van der Waals surface area contributed by atoms with E-state index in [1.54, 1.807) is 0 Å². The third kappa shape index (κ3) is 4.90. The molecule has 5 heteroatoms. The Balaban J connectivity index is 1.19. The van der Waals surface area contributed by atoms with E-state index in [4.69, 9.17) is 0 Å². The summed E-state index contributed by atoms with van der Waals surface area (Å²) < 4.78 is 0. The average molecular weight is 464 g/mol. The van der Waals surface area contributed by atoms with Crippen molar-refractivity contribution in [3.05, 3.63) is 108 Å². The van der Waals surface area contributed by atoms with E-state index in [0.717, 1.165) is 47.2 Å². The third-order valence-electron chi connectivity index (χ3n) is 6.70. The first-order valence-electron chi connectivity index (χ1n) is 12.1. The van der Waals surface area contributed by atoms with Gasteiger partial charge in [0.15, 0.2) is 0 Å². The fraction of sp³-hybridized carbons (Fsp3) is 0.200. The van der Waals surface area contributed by atoms with E-state index in [1.165, 1.54) is 5.56 Å². The maximum absolute atomic E-state index is 12.9. The number of carbonyl (C=O) groups is 2. The molecule has 5 rings (SSSR count). The van der Waals surface area contributed by atoms with Gasteiger partial charge in [0.05, 0.1) is 0 Å². The summed E-state index contributed by atoms with van der Waals surface area (Å²) >= 11 is 0. The van der Waals surface area contributed by atoms with Gasteiger partial charge in [-0.1, -0.05) is 55.5 Å². The van der Waals surface area contributed by atoms with Crippen LogP contribution in [-0.4, -0.2) is 42.9 Å². The highest BCUT2D eigenvalue weighted by Gasteiger charge is 2.22. The van der Waals surface area contributed by atoms with Crippen molar-refractivity contribution < 1.29 is 9.59 Å². The quantitative estimate of drug-likeness (QED) is 0.418. The number of benzene rings is 4. The molecule has 2 amide bonds. The summed E-state index contributed by atoms with van der Waals surface area (Å²) in [6.07, 6.45) is 0.971. The van der Waals surface area contributed by atoms with Crippen LogP contribution in [0.2, 0.25) is 0 Å². The number of anilines is 2. The number of aryl methyl sites for hydroxylation is 1. The molecule has 176 valence electrons. The Bertz CT molecular complexity index is 1330. The normalized spacial score (nSPS) is 13.6. The molecular weight excluding hydrogens is 434 g/mol. The van der Waals surface area contributed by atoms with Gasteiger partial charge in [-0.3, -0.25) is 9.59 Å². The topological polar surface area (TPSA) is 52.7 Å². The lowest BCUT2D eigenvalue weighted by molar-refractivity contribution is 0.0746. The Morgan fingerprint density at radius 2 is 1.46 bits per heavy atom. The molecule has 1 N–H and O–H groups in total. The van der Waals surface area contributed by atoms with Crippen molar-refractivity contribution >= 4 is 34.0 Å². The van der Waals surface area contributed by atoms with E-state index in [-0.39, 0.29) is 11.8 Å². The van der Waals surface area contributed by atoms with Gasteiger partial charge in [-0.05, 0) is 65.2 Å². The molecule has 0 saturated carbocycles. The molecule has 5 nitrogen and oxygen atoms in total. The van der Waals surface area contributed by atoms with Crippen molar-refractivity contribution in [3.8, 4) is 0 Å². The minimum Gasteiger partial charge on any atom is -0.368 e. The fourth-order valence-electron chi connectivity index (χ4n) is 4.61. The largest absolute Gasteiger partial charge is 0.368 e. The average Bonchev–Trinajstić information content (AvgIpc) is 2.93. The third-order valence-corrected chi connectivity index (χ3v) is 6.70. The lowest BCUT2D eigenvalue weighted by atomic mass is 10.0. The van der Waals surface area contributed by atoms with Crippen LogP contribution in [0.4, 0.5) is 11.4 Å². The number of rotatable bonds is 5. The number of amides is 2. The zero-order chi connectivity index (χ0) is 24.2. The van der Waals surface area contributed by atoms with Crippen LogP contribution in [0.25, 0.3) is 10.8 Å². The van der Waals surface area contributed by atoms with E-state index in [9.17, 15) is 9.59 Å². The van der Waals surface area contributed by atoms with Crippen LogP contribution in [0.15, 0.2) is 91.0 Å². The minimum atomic E-state index is -0.117. The minimum absolute atomic E-state index is 0.0961. The Morgan fingerprint density at radius 3 is 2.17 bits per heavy atom. The van der Waals surface area contributed by atoms with Crippen LogP contribution >= 0.6 is 0 Å². The van der Waals surface area contributed by atoms with E-state index in [2.05, 4.69) is 17.1 Å². The number of nitrogens with zero attached hydrogens (tertiary/aromatic N) is 2. The molecule has 1 fully saturated rings. The Labute approximate surface area is 206 Å². The van der Waals surface area contributed by atoms with Gasteiger partial charge in [0.2, 0.25) is 0 Å². The highest BCUT2D eigenvalue weighted by Crippen LogP contribution is 2.23. The van der Waals surface area contributed by atoms with Crippen LogP contribution < -0.4 is 10.2 Å². The molecule has 1 aliphatic heterocycles. The molecule has 1 heterocycles. The second kappa shape index (κ2) is 10.0. The van der Waals surface area contributed by atoms with Gasteiger partial charge in [-0.2, -0.15) is 0 Å². The summed E-state index contributed by atoms with van der Waals surface area (Å²) in [5.41, 5.74) is 4.51. The Hall–Kier alpha value is -4.12. The van der Waals surface area contributed by atoms with Crippen molar-refractivity contribution in [3.63, 3.8) is 0 Å². The summed E-state index contributed by atoms with van der Waals surface area (Å²) in [6.45, 7) is 5.05. The summed E-state index contributed by atoms with van der Waals surface area (Å²) in [5, 5.41) is 5.01. The van der Waals surface area contributed by atoms with E-state index in [0.29, 0.717) is 18.7 Å². The first kappa shape index (κ1) is 22.7. The zero-order valence-electron chi connectivity index (χ0n) is 19.9. The van der Waals surface area contributed by atoms with Gasteiger partial charge in [0.25, 0.3) is 11.8 Å². The number of piperazine rings is 1. The second-order valence-corrected chi connectivity index (χ2v) is 8.86. The van der Waals surface area contributed by atoms with Crippen LogP contribution in [0.3, 0.4) is 0 Å². The molecule has 0 spiro atoms. The summed E-state index contributed by atoms with van der Waals surface area (Å²) in [4.78, 5) is 30.0. The van der Waals surface area contributed by atoms with Gasteiger partial charge < -0.3 is 15.1 Å². The van der Waals surface area contributed by atoms with E-state index in [1.807, 2.05) is 95.9 Å². The van der Waals surface area contributed by atoms with Crippen molar-refractivity contribution in [2.75, 3.05) is 36.4 Å². The summed E-state index contributed by atoms with van der Waals surface area (Å²) in [6, 6.07) is 29.5. The molecule has 0 aliphatic carbocycles. The van der Waals surface area contributed by atoms with Crippen molar-refractivity contribution in [2.45, 2.75) is 13.3 Å². The predicted octanol–water partition coefficient (Wildman–Crippen LogP) is 5.62. The highest BCUT2D eigenvalue weighted by molar-refractivity contribution is 6.12. The first-order chi connectivity index (χ1) is 17.1. The van der Waals surface area contributed by atoms with Crippen molar-refractivity contribution in [1.82, 2.24) is 4.90 Å². The number of hydrogen-bond acceptors (Lipinski definition) is 3. The number of nitrogens with one attached hydrogen (secondary N) is 1. The summed E-state index contributed by atoms with van der Waals surface area (Å²) in [5.74, 6) is -0.0209. The molecular formula is C30H29N3O2. The number of fused-ring (bicyclic) bond motifs is 1. The van der Waals surface area contributed by atoms with Crippen LogP contribution in [-0.2, 0) is 6.42 Å². The predicted molar refractivity (Wildman–Crippen MR) is 142 cm³/mol. The molecule has 35 heavy (non-hydrogen) atoms. The van der Waals surface area contributed by atoms with Crippen molar-refractivity contribution in [1.29, 1.82) is 0 Å². The number of hydrogen-bond donors (Lipinski definition) is 1. The number of carbonyl (C=O) groups excluding carboxylic acids is 2. The fourth-order valence-corrected chi connectivity index (χ4v) is 4.61. The highest BCUT2D eigenvalue weighted by atomic mass is 16.2. The SMILES string of the molecule is CCc1ccc(C(=O)N2CCN(c3ccc(NC(=O)c4cccc5ccccc45)cc3)CC2)cc1. The molecule has 0 atom stereocenters. The molecule has 4 aromatic carbocycles. The molecule has 0 unspecified atom stereocenters. The van der Waals surface area contributed by atoms with Crippen molar-refractivity contribution in [2.24, 2.45) is 0 Å². The first-order valence-corrected chi connectivity index (χ1v) is 12.1. The summed E-state index contributed by atoms with van der Waals surface area (Å²) in [7, 11) is 0. The Kier molecular flexibility index (Phi) is 6.49. The van der Waals surface area contributed by atoms with E-state index < -0.39 is 0 Å². The van der Waals surface area contributed by atoms with Gasteiger partial charge in [0, 0.05) is 48.7 Å². The molecule has 1 aliphatic rings. The van der Waals surface area contributed by atoms with Gasteiger partial charge >= 0.3 is 0 Å². The van der Waals surface area contributed by atoms with E-state index >= 15 is 0 Å². The lowest BCUT2D eigenvalue weighted by Crippen LogP contribution is -2.48. The second-order valence-electron chi connectivity index (χ2n) is 8.86. The molecule has 0 bridgehead atoms. The molecule has 4 aromatic rings. The maximum Gasteiger partial charge on any atom is 0.256 e. The maximum atomic E-state index is 12.9. The standard InChI is InChI=1S/C30H29N3O2/c1-2-22-10-12-24(13-11-22)30(35)33-20-18-32(19-21-33)26-16-14-25(15-17-26)31-29(34)28-9-5-7-23-6-3-4-8-27(23)28/h3-17H,2,18-21H2,1H3,(H,31,34). The lowest BCUT2D eigenvalue weighted by Gasteiger charge is -2.36. The molecule has 0 aromatic heterocycles. The molecule has 1 saturated heterocycles. The van der Waals surface area contributed by atoms with Gasteiger partial charge in [-0.25, -0.2) is 0 Å². The monoisotopic (exact) mass is 463 g/mol. The smallest absolute Gasteiger partial charge is 0.256 e.